The number of esters is 1. The summed E-state index contributed by atoms with van der Waals surface area (Å²) in [5.41, 5.74) is 2.15. The second-order valence-electron chi connectivity index (χ2n) is 5.64. The molecule has 0 spiro atoms. The van der Waals surface area contributed by atoms with Crippen LogP contribution in [0.5, 0.6) is 0 Å². The van der Waals surface area contributed by atoms with Crippen LogP contribution in [-0.4, -0.2) is 27.3 Å². The fraction of sp³-hybridized carbons (Fsp3) is 0.353. The first-order valence-electron chi connectivity index (χ1n) is 7.91. The van der Waals surface area contributed by atoms with Crippen LogP contribution in [0.4, 0.5) is 5.95 Å². The third kappa shape index (κ3) is 3.14. The zero-order valence-corrected chi connectivity index (χ0v) is 14.4. The van der Waals surface area contributed by atoms with Gasteiger partial charge in [-0.3, -0.25) is 0 Å². The first-order valence-corrected chi connectivity index (χ1v) is 8.29. The smallest absolute Gasteiger partial charge is 0.338 e. The number of fused-ring (bicyclic) bond motifs is 1. The Kier molecular flexibility index (Phi) is 4.85. The van der Waals surface area contributed by atoms with Gasteiger partial charge in [0.1, 0.15) is 12.4 Å². The lowest BCUT2D eigenvalue weighted by molar-refractivity contribution is -0.139. The van der Waals surface area contributed by atoms with Crippen LogP contribution in [0.25, 0.3) is 0 Å². The molecule has 2 heterocycles. The molecule has 126 valence electrons. The van der Waals surface area contributed by atoms with Crippen molar-refractivity contribution in [3.8, 4) is 0 Å². The molecule has 1 aromatic carbocycles. The molecular formula is C17H19ClN4O2. The molecule has 0 bridgehead atoms. The van der Waals surface area contributed by atoms with E-state index in [4.69, 9.17) is 16.3 Å². The van der Waals surface area contributed by atoms with Gasteiger partial charge in [0.2, 0.25) is 5.95 Å². The van der Waals surface area contributed by atoms with Crippen molar-refractivity contribution in [2.24, 2.45) is 0 Å². The Morgan fingerprint density at radius 2 is 2.12 bits per heavy atom. The highest BCUT2D eigenvalue weighted by atomic mass is 35.5. The molecule has 0 radical (unpaired) electrons. The Hall–Kier alpha value is -2.34. The Balaban J connectivity index is 2.00. The summed E-state index contributed by atoms with van der Waals surface area (Å²) < 4.78 is 7.12. The van der Waals surface area contributed by atoms with Crippen LogP contribution in [0.15, 0.2) is 41.9 Å². The summed E-state index contributed by atoms with van der Waals surface area (Å²) in [6.45, 7) is 4.31. The van der Waals surface area contributed by atoms with Crippen molar-refractivity contribution >= 4 is 23.5 Å². The zero-order chi connectivity index (χ0) is 17.1. The molecule has 2 aromatic rings. The number of benzene rings is 1. The van der Waals surface area contributed by atoms with Crippen LogP contribution >= 0.6 is 11.6 Å². The van der Waals surface area contributed by atoms with Gasteiger partial charge in [0.05, 0.1) is 12.2 Å². The van der Waals surface area contributed by atoms with Crippen molar-refractivity contribution in [1.82, 2.24) is 14.8 Å². The van der Waals surface area contributed by atoms with Crippen LogP contribution < -0.4 is 5.32 Å². The van der Waals surface area contributed by atoms with E-state index >= 15 is 0 Å². The summed E-state index contributed by atoms with van der Waals surface area (Å²) in [6.07, 6.45) is 3.27. The summed E-state index contributed by atoms with van der Waals surface area (Å²) >= 11 is 5.99. The zero-order valence-electron chi connectivity index (χ0n) is 13.6. The first kappa shape index (κ1) is 16.5. The third-order valence-corrected chi connectivity index (χ3v) is 4.18. The number of rotatable bonds is 5. The maximum atomic E-state index is 12.7. The highest BCUT2D eigenvalue weighted by Gasteiger charge is 2.34. The first-order chi connectivity index (χ1) is 11.6. The van der Waals surface area contributed by atoms with E-state index in [0.29, 0.717) is 23.2 Å². The molecule has 1 unspecified atom stereocenters. The van der Waals surface area contributed by atoms with Gasteiger partial charge < -0.3 is 10.1 Å². The largest absolute Gasteiger partial charge is 0.462 e. The number of ether oxygens (including phenoxy) is 1. The van der Waals surface area contributed by atoms with E-state index in [1.807, 2.05) is 19.1 Å². The number of unbranched alkanes of at least 4 members (excludes halogenated alkanes) is 1. The van der Waals surface area contributed by atoms with Gasteiger partial charge in [0, 0.05) is 10.7 Å². The van der Waals surface area contributed by atoms with Crippen LogP contribution in [0.3, 0.4) is 0 Å². The quantitative estimate of drug-likeness (QED) is 0.662. The van der Waals surface area contributed by atoms with Gasteiger partial charge in [-0.25, -0.2) is 9.48 Å². The lowest BCUT2D eigenvalue weighted by Crippen LogP contribution is -2.29. The molecule has 0 fully saturated rings. The van der Waals surface area contributed by atoms with Gasteiger partial charge in [0.25, 0.3) is 0 Å². The average Bonchev–Trinajstić information content (AvgIpc) is 3.02. The fourth-order valence-corrected chi connectivity index (χ4v) is 2.82. The van der Waals surface area contributed by atoms with Gasteiger partial charge in [-0.15, -0.1) is 0 Å². The standard InChI is InChI=1S/C17H19ClN4O2/c1-3-4-9-24-16(23)14-11(2)21-17-19-10-20-22(17)15(14)12-5-7-13(18)8-6-12/h5-8,10,15H,3-4,9H2,1-2H3,(H,19,20,21). The number of carbonyl (C=O) groups is 1. The molecule has 1 aromatic heterocycles. The van der Waals surface area contributed by atoms with E-state index in [0.717, 1.165) is 24.1 Å². The molecule has 3 rings (SSSR count). The second kappa shape index (κ2) is 7.05. The predicted octanol–water partition coefficient (Wildman–Crippen LogP) is 3.56. The monoisotopic (exact) mass is 346 g/mol. The van der Waals surface area contributed by atoms with E-state index in [1.165, 1.54) is 6.33 Å². The van der Waals surface area contributed by atoms with Crippen LogP contribution in [0.2, 0.25) is 5.02 Å². The van der Waals surface area contributed by atoms with Crippen LogP contribution in [-0.2, 0) is 9.53 Å². The maximum absolute atomic E-state index is 12.7. The summed E-state index contributed by atoms with van der Waals surface area (Å²) in [6, 6.07) is 6.97. The number of anilines is 1. The highest BCUT2D eigenvalue weighted by molar-refractivity contribution is 6.30. The number of nitrogens with zero attached hydrogens (tertiary/aromatic N) is 3. The Bertz CT molecular complexity index is 767. The molecule has 0 aliphatic carbocycles. The maximum Gasteiger partial charge on any atom is 0.338 e. The minimum Gasteiger partial charge on any atom is -0.462 e. The minimum atomic E-state index is -0.393. The highest BCUT2D eigenvalue weighted by Crippen LogP contribution is 2.35. The van der Waals surface area contributed by atoms with Crippen molar-refractivity contribution in [3.05, 3.63) is 52.4 Å². The van der Waals surface area contributed by atoms with Gasteiger partial charge in [-0.05, 0) is 31.0 Å². The summed E-state index contributed by atoms with van der Waals surface area (Å²) in [5, 5.41) is 8.02. The number of halogens is 1. The van der Waals surface area contributed by atoms with E-state index in [-0.39, 0.29) is 5.97 Å². The molecule has 7 heteroatoms. The van der Waals surface area contributed by atoms with Crippen LogP contribution in [0.1, 0.15) is 38.3 Å². The number of carbonyl (C=O) groups excluding carboxylic acids is 1. The second-order valence-corrected chi connectivity index (χ2v) is 6.07. The molecule has 24 heavy (non-hydrogen) atoms. The fourth-order valence-electron chi connectivity index (χ4n) is 2.70. The van der Waals surface area contributed by atoms with Crippen molar-refractivity contribution in [3.63, 3.8) is 0 Å². The predicted molar refractivity (Wildman–Crippen MR) is 91.8 cm³/mol. The Morgan fingerprint density at radius 3 is 2.83 bits per heavy atom. The van der Waals surface area contributed by atoms with Crippen LogP contribution in [0, 0.1) is 0 Å². The van der Waals surface area contributed by atoms with Crippen molar-refractivity contribution in [2.75, 3.05) is 11.9 Å². The normalized spacial score (nSPS) is 16.5. The summed E-state index contributed by atoms with van der Waals surface area (Å²) in [7, 11) is 0. The van der Waals surface area contributed by atoms with E-state index in [1.54, 1.807) is 16.8 Å². The van der Waals surface area contributed by atoms with Gasteiger partial charge >= 0.3 is 5.97 Å². The number of allylic oxidation sites excluding steroid dienone is 1. The third-order valence-electron chi connectivity index (χ3n) is 3.93. The molecule has 0 amide bonds. The van der Waals surface area contributed by atoms with Gasteiger partial charge in [-0.1, -0.05) is 37.1 Å². The summed E-state index contributed by atoms with van der Waals surface area (Å²) in [4.78, 5) is 16.9. The number of hydrogen-bond acceptors (Lipinski definition) is 5. The molecular weight excluding hydrogens is 328 g/mol. The number of hydrogen-bond donors (Lipinski definition) is 1. The van der Waals surface area contributed by atoms with Gasteiger partial charge in [0.15, 0.2) is 0 Å². The lowest BCUT2D eigenvalue weighted by atomic mass is 9.96. The van der Waals surface area contributed by atoms with E-state index < -0.39 is 6.04 Å². The molecule has 6 nitrogen and oxygen atoms in total. The topological polar surface area (TPSA) is 69.0 Å². The molecule has 1 aliphatic rings. The lowest BCUT2D eigenvalue weighted by Gasteiger charge is -2.28. The van der Waals surface area contributed by atoms with Crippen molar-refractivity contribution < 1.29 is 9.53 Å². The molecule has 1 N–H and O–H groups in total. The van der Waals surface area contributed by atoms with Crippen molar-refractivity contribution in [2.45, 2.75) is 32.7 Å². The van der Waals surface area contributed by atoms with Crippen molar-refractivity contribution in [1.29, 1.82) is 0 Å². The molecule has 0 saturated heterocycles. The number of aromatic nitrogens is 3. The minimum absolute atomic E-state index is 0.338. The van der Waals surface area contributed by atoms with E-state index in [2.05, 4.69) is 22.3 Å². The number of nitrogens with one attached hydrogen (secondary N) is 1. The summed E-state index contributed by atoms with van der Waals surface area (Å²) in [5.74, 6) is 0.257. The average molecular weight is 347 g/mol. The SMILES string of the molecule is CCCCOC(=O)C1=C(C)Nc2ncnn2C1c1ccc(Cl)cc1. The Morgan fingerprint density at radius 1 is 1.38 bits per heavy atom. The molecule has 1 atom stereocenters. The van der Waals surface area contributed by atoms with E-state index in [9.17, 15) is 4.79 Å². The molecule has 1 aliphatic heterocycles. The molecule has 0 saturated carbocycles. The van der Waals surface area contributed by atoms with Gasteiger partial charge in [-0.2, -0.15) is 10.1 Å². The Labute approximate surface area is 145 Å².